The molecule has 0 radical (unpaired) electrons. The van der Waals surface area contributed by atoms with Gasteiger partial charge in [-0.3, -0.25) is 14.3 Å². The number of fused-ring (bicyclic) bond motifs is 1. The Morgan fingerprint density at radius 1 is 1.05 bits per heavy atom. The van der Waals surface area contributed by atoms with Crippen molar-refractivity contribution in [3.8, 4) is 17.2 Å². The number of benzene rings is 2. The molecule has 0 aliphatic heterocycles. The summed E-state index contributed by atoms with van der Waals surface area (Å²) in [5.74, 6) is -3.19. The molecule has 8 nitrogen and oxygen atoms in total. The van der Waals surface area contributed by atoms with Gasteiger partial charge in [0.25, 0.3) is 5.91 Å². The summed E-state index contributed by atoms with van der Waals surface area (Å²) in [5.41, 5.74) is 8.37. The van der Waals surface area contributed by atoms with Crippen LogP contribution in [-0.4, -0.2) is 26.6 Å². The summed E-state index contributed by atoms with van der Waals surface area (Å²) >= 11 is 0. The van der Waals surface area contributed by atoms with E-state index in [0.29, 0.717) is 5.56 Å². The number of hydrogen-bond acceptors (Lipinski definition) is 5. The number of carbonyl (C=O) groups excluding carboxylic acids is 2. The van der Waals surface area contributed by atoms with Gasteiger partial charge in [0.05, 0.1) is 29.3 Å². The number of alkyl halides is 3. The average Bonchev–Trinajstić information content (AvgIpc) is 3.13. The molecule has 0 aliphatic carbocycles. The summed E-state index contributed by atoms with van der Waals surface area (Å²) in [5, 5.41) is 13.1. The van der Waals surface area contributed by atoms with Crippen LogP contribution in [0.25, 0.3) is 22.0 Å². The fraction of sp³-hybridized carbons (Fsp3) is 0.160. The molecule has 0 bridgehead atoms. The Kier molecular flexibility index (Phi) is 6.17. The fourth-order valence-corrected chi connectivity index (χ4v) is 4.24. The molecular weight excluding hydrogens is 492 g/mol. The first-order valence-electron chi connectivity index (χ1n) is 10.7. The molecule has 4 aromatic rings. The summed E-state index contributed by atoms with van der Waals surface area (Å²) in [6.45, 7) is 2.85. The average molecular weight is 510 g/mol. The van der Waals surface area contributed by atoms with Crippen LogP contribution < -0.4 is 11.5 Å². The number of pyridine rings is 1. The lowest BCUT2D eigenvalue weighted by Gasteiger charge is -2.16. The Hall–Kier alpha value is -4.79. The fourth-order valence-electron chi connectivity index (χ4n) is 4.24. The number of rotatable bonds is 5. The van der Waals surface area contributed by atoms with Crippen LogP contribution >= 0.6 is 0 Å². The van der Waals surface area contributed by atoms with E-state index >= 15 is 0 Å². The van der Waals surface area contributed by atoms with Crippen LogP contribution in [0.1, 0.15) is 48.9 Å². The van der Waals surface area contributed by atoms with Gasteiger partial charge in [-0.25, -0.2) is 9.37 Å². The quantitative estimate of drug-likeness (QED) is 0.391. The van der Waals surface area contributed by atoms with E-state index in [2.05, 4.69) is 10.1 Å². The molecule has 12 heteroatoms. The highest BCUT2D eigenvalue weighted by molar-refractivity contribution is 6.15. The molecule has 0 unspecified atom stereocenters. The standard InChI is InChI=1S/C25H18F4N6O2/c1-11-3-4-13(9-30)14(7-11)10-35-12(2)18(22(34-35)25(27,28)29)20-19(23(31)36)16-6-5-15(26)8-17(16)33-21(20)24(32)37/h3-8H,10H2,1-2H3,(H2,31,36)(H2,32,37). The zero-order chi connectivity index (χ0) is 27.2. The summed E-state index contributed by atoms with van der Waals surface area (Å²) in [6, 6.07) is 9.87. The molecular formula is C25H18F4N6O2. The summed E-state index contributed by atoms with van der Waals surface area (Å²) < 4.78 is 57.7. The van der Waals surface area contributed by atoms with Gasteiger partial charge in [-0.1, -0.05) is 17.7 Å². The normalized spacial score (nSPS) is 11.5. The maximum Gasteiger partial charge on any atom is 0.435 e. The molecule has 37 heavy (non-hydrogen) atoms. The van der Waals surface area contributed by atoms with E-state index in [1.807, 2.05) is 6.07 Å². The van der Waals surface area contributed by atoms with E-state index in [4.69, 9.17) is 11.5 Å². The number of primary amides is 2. The molecule has 2 aromatic heterocycles. The number of hydrogen-bond donors (Lipinski definition) is 2. The Morgan fingerprint density at radius 2 is 1.76 bits per heavy atom. The zero-order valence-corrected chi connectivity index (χ0v) is 19.4. The molecule has 2 heterocycles. The summed E-state index contributed by atoms with van der Waals surface area (Å²) in [6.07, 6.45) is -5.03. The van der Waals surface area contributed by atoms with Crippen molar-refractivity contribution in [1.82, 2.24) is 14.8 Å². The monoisotopic (exact) mass is 510 g/mol. The molecule has 2 aromatic carbocycles. The minimum atomic E-state index is -5.03. The molecule has 0 saturated carbocycles. The molecule has 0 atom stereocenters. The van der Waals surface area contributed by atoms with Crippen molar-refractivity contribution in [2.24, 2.45) is 11.5 Å². The van der Waals surface area contributed by atoms with Crippen molar-refractivity contribution in [3.05, 3.63) is 81.6 Å². The smallest absolute Gasteiger partial charge is 0.366 e. The van der Waals surface area contributed by atoms with Gasteiger partial charge in [-0.05, 0) is 37.6 Å². The molecule has 2 amide bonds. The van der Waals surface area contributed by atoms with E-state index in [0.717, 1.165) is 28.4 Å². The van der Waals surface area contributed by atoms with Crippen LogP contribution in [0.5, 0.6) is 0 Å². The third-order valence-corrected chi connectivity index (χ3v) is 5.85. The number of halogens is 4. The number of aryl methyl sites for hydroxylation is 1. The number of nitriles is 1. The molecule has 4 rings (SSSR count). The highest BCUT2D eigenvalue weighted by atomic mass is 19.4. The second-order valence-corrected chi connectivity index (χ2v) is 8.34. The van der Waals surface area contributed by atoms with Gasteiger partial charge in [0.2, 0.25) is 5.91 Å². The van der Waals surface area contributed by atoms with Crippen LogP contribution in [0.4, 0.5) is 17.6 Å². The third-order valence-electron chi connectivity index (χ3n) is 5.85. The Bertz CT molecular complexity index is 1650. The van der Waals surface area contributed by atoms with E-state index in [1.165, 1.54) is 13.0 Å². The number of amides is 2. The second kappa shape index (κ2) is 9.02. The predicted octanol–water partition coefficient (Wildman–Crippen LogP) is 3.99. The Morgan fingerprint density at radius 3 is 2.35 bits per heavy atom. The lowest BCUT2D eigenvalue weighted by molar-refractivity contribution is -0.141. The number of nitrogens with zero attached hydrogens (tertiary/aromatic N) is 4. The third kappa shape index (κ3) is 4.47. The number of aromatic nitrogens is 3. The Labute approximate surface area is 207 Å². The van der Waals surface area contributed by atoms with Crippen molar-refractivity contribution in [3.63, 3.8) is 0 Å². The minimum absolute atomic E-state index is 0.0698. The predicted molar refractivity (Wildman–Crippen MR) is 125 cm³/mol. The van der Waals surface area contributed by atoms with Crippen molar-refractivity contribution in [1.29, 1.82) is 5.26 Å². The van der Waals surface area contributed by atoms with Crippen molar-refractivity contribution in [2.75, 3.05) is 0 Å². The van der Waals surface area contributed by atoms with Gasteiger partial charge in [-0.2, -0.15) is 23.5 Å². The summed E-state index contributed by atoms with van der Waals surface area (Å²) in [7, 11) is 0. The van der Waals surface area contributed by atoms with Crippen molar-refractivity contribution >= 4 is 22.7 Å². The molecule has 0 spiro atoms. The van der Waals surface area contributed by atoms with Crippen LogP contribution in [0, 0.1) is 31.0 Å². The van der Waals surface area contributed by atoms with Crippen LogP contribution in [0.15, 0.2) is 36.4 Å². The number of carbonyl (C=O) groups is 2. The van der Waals surface area contributed by atoms with Gasteiger partial charge in [0.1, 0.15) is 11.5 Å². The van der Waals surface area contributed by atoms with Gasteiger partial charge < -0.3 is 11.5 Å². The largest absolute Gasteiger partial charge is 0.435 e. The maximum absolute atomic E-state index is 14.3. The molecule has 4 N–H and O–H groups in total. The summed E-state index contributed by atoms with van der Waals surface area (Å²) in [4.78, 5) is 28.9. The molecule has 0 aliphatic rings. The van der Waals surface area contributed by atoms with E-state index in [-0.39, 0.29) is 28.7 Å². The zero-order valence-electron chi connectivity index (χ0n) is 19.4. The van der Waals surface area contributed by atoms with E-state index in [9.17, 15) is 32.4 Å². The van der Waals surface area contributed by atoms with Gasteiger partial charge in [-0.15, -0.1) is 0 Å². The lowest BCUT2D eigenvalue weighted by Crippen LogP contribution is -2.21. The van der Waals surface area contributed by atoms with E-state index < -0.39 is 51.9 Å². The topological polar surface area (TPSA) is 141 Å². The van der Waals surface area contributed by atoms with Gasteiger partial charge in [0, 0.05) is 28.3 Å². The highest BCUT2D eigenvalue weighted by Gasteiger charge is 2.41. The minimum Gasteiger partial charge on any atom is -0.366 e. The molecule has 0 fully saturated rings. The van der Waals surface area contributed by atoms with E-state index in [1.54, 1.807) is 19.1 Å². The van der Waals surface area contributed by atoms with Gasteiger partial charge >= 0.3 is 6.18 Å². The highest BCUT2D eigenvalue weighted by Crippen LogP contribution is 2.42. The second-order valence-electron chi connectivity index (χ2n) is 8.34. The lowest BCUT2D eigenvalue weighted by atomic mass is 9.92. The molecule has 0 saturated heterocycles. The maximum atomic E-state index is 14.3. The first kappa shape index (κ1) is 25.3. The van der Waals surface area contributed by atoms with Crippen LogP contribution in [0.3, 0.4) is 0 Å². The number of nitrogens with two attached hydrogens (primary N) is 2. The van der Waals surface area contributed by atoms with Crippen LogP contribution in [0.2, 0.25) is 0 Å². The van der Waals surface area contributed by atoms with Crippen LogP contribution in [-0.2, 0) is 12.7 Å². The molecule has 188 valence electrons. The van der Waals surface area contributed by atoms with Crippen molar-refractivity contribution in [2.45, 2.75) is 26.6 Å². The van der Waals surface area contributed by atoms with Gasteiger partial charge in [0.15, 0.2) is 5.69 Å². The Balaban J connectivity index is 2.11. The SMILES string of the molecule is Cc1ccc(C#N)c(Cn2nc(C(F)(F)F)c(-c3c(C(N)=O)nc4cc(F)ccc4c3C(N)=O)c2C)c1. The first-order valence-corrected chi connectivity index (χ1v) is 10.7. The van der Waals surface area contributed by atoms with Crippen molar-refractivity contribution < 1.29 is 27.2 Å². The first-order chi connectivity index (χ1) is 17.3.